The molecule has 2 aromatic carbocycles. The van der Waals surface area contributed by atoms with Crippen molar-refractivity contribution >= 4 is 11.7 Å². The molecule has 5 heteroatoms. The van der Waals surface area contributed by atoms with Gasteiger partial charge in [0, 0.05) is 30.2 Å². The number of nitrogens with zero attached hydrogens (tertiary/aromatic N) is 1. The summed E-state index contributed by atoms with van der Waals surface area (Å²) in [5.41, 5.74) is 2.09. The van der Waals surface area contributed by atoms with Crippen molar-refractivity contribution in [3.05, 3.63) is 59.7 Å². The molecule has 0 aliphatic carbocycles. The second-order valence-electron chi connectivity index (χ2n) is 4.98. The highest BCUT2D eigenvalue weighted by Gasteiger charge is 2.12. The molecule has 0 atom stereocenters. The van der Waals surface area contributed by atoms with Gasteiger partial charge in [-0.1, -0.05) is 30.3 Å². The Bertz CT molecular complexity index is 695. The topological polar surface area (TPSA) is 79.1 Å². The molecule has 0 amide bonds. The minimum Gasteiger partial charge on any atom is -0.507 e. The molecule has 0 fully saturated rings. The van der Waals surface area contributed by atoms with E-state index in [1.165, 1.54) is 13.2 Å². The molecule has 2 rings (SSSR count). The van der Waals surface area contributed by atoms with Gasteiger partial charge in [0.25, 0.3) is 0 Å². The van der Waals surface area contributed by atoms with E-state index in [0.29, 0.717) is 30.0 Å². The van der Waals surface area contributed by atoms with Gasteiger partial charge in [-0.25, -0.2) is 0 Å². The van der Waals surface area contributed by atoms with Crippen LogP contribution >= 0.6 is 0 Å². The Hall–Kier alpha value is -2.82. The third-order valence-electron chi connectivity index (χ3n) is 3.33. The summed E-state index contributed by atoms with van der Waals surface area (Å²) in [5, 5.41) is 19.0. The number of carboxylic acids is 1. The molecule has 0 radical (unpaired) electrons. The number of phenolic OH excluding ortho intramolecular Hbond substituents is 1. The molecule has 2 N–H and O–H groups in total. The number of benzene rings is 2. The van der Waals surface area contributed by atoms with Crippen molar-refractivity contribution in [2.45, 2.75) is 12.8 Å². The van der Waals surface area contributed by atoms with Gasteiger partial charge in [0.2, 0.25) is 0 Å². The minimum absolute atomic E-state index is 0.0696. The van der Waals surface area contributed by atoms with Crippen LogP contribution < -0.4 is 4.74 Å². The van der Waals surface area contributed by atoms with Gasteiger partial charge in [0.05, 0.1) is 12.8 Å². The van der Waals surface area contributed by atoms with E-state index in [4.69, 9.17) is 9.84 Å². The van der Waals surface area contributed by atoms with Crippen LogP contribution in [0.15, 0.2) is 53.5 Å². The molecule has 0 saturated carbocycles. The molecule has 5 nitrogen and oxygen atoms in total. The van der Waals surface area contributed by atoms with Gasteiger partial charge < -0.3 is 14.9 Å². The summed E-state index contributed by atoms with van der Waals surface area (Å²) in [5.74, 6) is -0.205. The van der Waals surface area contributed by atoms with E-state index in [2.05, 4.69) is 4.99 Å². The standard InChI is InChI=1S/C18H19NO4/c1-23-14-9-10-15(16(20)12-14)18(13-6-3-2-4-7-13)19-11-5-8-17(21)22/h2-4,6-7,9-10,12,20H,5,8,11H2,1H3,(H,21,22). The number of carbonyl (C=O) groups is 1. The molecule has 23 heavy (non-hydrogen) atoms. The third-order valence-corrected chi connectivity index (χ3v) is 3.33. The van der Waals surface area contributed by atoms with Crippen molar-refractivity contribution in [2.24, 2.45) is 4.99 Å². The summed E-state index contributed by atoms with van der Waals surface area (Å²) in [6.07, 6.45) is 0.517. The first-order valence-electron chi connectivity index (χ1n) is 7.31. The van der Waals surface area contributed by atoms with Crippen molar-refractivity contribution in [3.8, 4) is 11.5 Å². The number of hydrogen-bond acceptors (Lipinski definition) is 4. The predicted octanol–water partition coefficient (Wildman–Crippen LogP) is 3.10. The smallest absolute Gasteiger partial charge is 0.303 e. The Morgan fingerprint density at radius 1 is 1.17 bits per heavy atom. The van der Waals surface area contributed by atoms with Crippen LogP contribution in [0.3, 0.4) is 0 Å². The van der Waals surface area contributed by atoms with Gasteiger partial charge in [-0.2, -0.15) is 0 Å². The normalized spacial score (nSPS) is 11.3. The van der Waals surface area contributed by atoms with Crippen LogP contribution in [0.4, 0.5) is 0 Å². The Balaban J connectivity index is 2.34. The van der Waals surface area contributed by atoms with Gasteiger partial charge in [-0.05, 0) is 18.6 Å². The highest BCUT2D eigenvalue weighted by Crippen LogP contribution is 2.26. The van der Waals surface area contributed by atoms with Gasteiger partial charge in [0.15, 0.2) is 0 Å². The van der Waals surface area contributed by atoms with Crippen LogP contribution in [0.1, 0.15) is 24.0 Å². The quantitative estimate of drug-likeness (QED) is 0.608. The van der Waals surface area contributed by atoms with Gasteiger partial charge in [-0.3, -0.25) is 9.79 Å². The molecule has 0 aliphatic rings. The molecule has 120 valence electrons. The van der Waals surface area contributed by atoms with Crippen LogP contribution in [0, 0.1) is 0 Å². The number of phenols is 1. The lowest BCUT2D eigenvalue weighted by Gasteiger charge is -2.11. The van der Waals surface area contributed by atoms with Crippen LogP contribution in [0.5, 0.6) is 11.5 Å². The Morgan fingerprint density at radius 3 is 2.52 bits per heavy atom. The third kappa shape index (κ3) is 4.57. The molecule has 0 spiro atoms. The van der Waals surface area contributed by atoms with E-state index in [0.717, 1.165) is 5.56 Å². The summed E-state index contributed by atoms with van der Waals surface area (Å²) in [6.45, 7) is 0.377. The molecule has 0 heterocycles. The highest BCUT2D eigenvalue weighted by atomic mass is 16.5. The van der Waals surface area contributed by atoms with Crippen molar-refractivity contribution in [3.63, 3.8) is 0 Å². The fourth-order valence-corrected chi connectivity index (χ4v) is 2.19. The van der Waals surface area contributed by atoms with Crippen LogP contribution in [-0.2, 0) is 4.79 Å². The first-order valence-corrected chi connectivity index (χ1v) is 7.31. The van der Waals surface area contributed by atoms with Crippen molar-refractivity contribution < 1.29 is 19.7 Å². The second-order valence-corrected chi connectivity index (χ2v) is 4.98. The summed E-state index contributed by atoms with van der Waals surface area (Å²) in [6, 6.07) is 14.5. The molecular formula is C18H19NO4. The number of rotatable bonds is 7. The Labute approximate surface area is 134 Å². The SMILES string of the molecule is COc1ccc(C(=NCCCC(=O)O)c2ccccc2)c(O)c1. The van der Waals surface area contributed by atoms with Gasteiger partial charge in [0.1, 0.15) is 11.5 Å². The van der Waals surface area contributed by atoms with Gasteiger partial charge in [-0.15, -0.1) is 0 Å². The number of ether oxygens (including phenoxy) is 1. The Kier molecular flexibility index (Phi) is 5.74. The van der Waals surface area contributed by atoms with Crippen molar-refractivity contribution in [1.82, 2.24) is 0 Å². The largest absolute Gasteiger partial charge is 0.507 e. The van der Waals surface area contributed by atoms with E-state index in [1.54, 1.807) is 12.1 Å². The zero-order valence-electron chi connectivity index (χ0n) is 12.9. The Morgan fingerprint density at radius 2 is 1.91 bits per heavy atom. The van der Waals surface area contributed by atoms with E-state index in [-0.39, 0.29) is 12.2 Å². The van der Waals surface area contributed by atoms with Gasteiger partial charge >= 0.3 is 5.97 Å². The molecule has 0 saturated heterocycles. The van der Waals surface area contributed by atoms with E-state index < -0.39 is 5.97 Å². The van der Waals surface area contributed by atoms with E-state index >= 15 is 0 Å². The zero-order valence-corrected chi connectivity index (χ0v) is 12.9. The van der Waals surface area contributed by atoms with Crippen molar-refractivity contribution in [2.75, 3.05) is 13.7 Å². The molecule has 0 unspecified atom stereocenters. The molecule has 0 aliphatic heterocycles. The van der Waals surface area contributed by atoms with Crippen LogP contribution in [0.2, 0.25) is 0 Å². The minimum atomic E-state index is -0.839. The fraction of sp³-hybridized carbons (Fsp3) is 0.222. The lowest BCUT2D eigenvalue weighted by atomic mass is 10.0. The predicted molar refractivity (Wildman–Crippen MR) is 88.5 cm³/mol. The molecular weight excluding hydrogens is 294 g/mol. The average molecular weight is 313 g/mol. The number of aliphatic carboxylic acids is 1. The van der Waals surface area contributed by atoms with E-state index in [1.807, 2.05) is 30.3 Å². The number of methoxy groups -OCH3 is 1. The van der Waals surface area contributed by atoms with Crippen molar-refractivity contribution in [1.29, 1.82) is 0 Å². The summed E-state index contributed by atoms with van der Waals surface area (Å²) in [7, 11) is 1.53. The van der Waals surface area contributed by atoms with E-state index in [9.17, 15) is 9.90 Å². The lowest BCUT2D eigenvalue weighted by Crippen LogP contribution is -2.06. The number of hydrogen-bond donors (Lipinski definition) is 2. The lowest BCUT2D eigenvalue weighted by molar-refractivity contribution is -0.137. The number of carboxylic acid groups (broad SMARTS) is 1. The summed E-state index contributed by atoms with van der Waals surface area (Å²) in [4.78, 5) is 15.1. The average Bonchev–Trinajstić information content (AvgIpc) is 2.56. The first kappa shape index (κ1) is 16.5. The summed E-state index contributed by atoms with van der Waals surface area (Å²) < 4.78 is 5.10. The first-order chi connectivity index (χ1) is 11.1. The van der Waals surface area contributed by atoms with Crippen LogP contribution in [0.25, 0.3) is 0 Å². The van der Waals surface area contributed by atoms with Crippen LogP contribution in [-0.4, -0.2) is 35.5 Å². The zero-order chi connectivity index (χ0) is 16.7. The maximum absolute atomic E-state index is 10.6. The maximum Gasteiger partial charge on any atom is 0.303 e. The highest BCUT2D eigenvalue weighted by molar-refractivity contribution is 6.14. The maximum atomic E-state index is 10.6. The number of aliphatic imine (C=N–C) groups is 1. The molecule has 0 aromatic heterocycles. The molecule has 0 bridgehead atoms. The fourth-order valence-electron chi connectivity index (χ4n) is 2.19. The second kappa shape index (κ2) is 7.98. The number of aromatic hydroxyl groups is 1. The monoisotopic (exact) mass is 313 g/mol. The molecule has 2 aromatic rings. The summed E-state index contributed by atoms with van der Waals surface area (Å²) >= 11 is 0.